The van der Waals surface area contributed by atoms with Crippen molar-refractivity contribution >= 4 is 23.5 Å². The fourth-order valence-corrected chi connectivity index (χ4v) is 8.24. The number of aryl methyl sites for hydroxylation is 2. The third-order valence-corrected chi connectivity index (χ3v) is 12.3. The smallest absolute Gasteiger partial charge is 0.349 e. The average Bonchev–Trinajstić information content (AvgIpc) is 3.37. The summed E-state index contributed by atoms with van der Waals surface area (Å²) in [7, 11) is 0. The summed E-state index contributed by atoms with van der Waals surface area (Å²) in [5.41, 5.74) is 2.13. The third-order valence-electron chi connectivity index (χ3n) is 12.3. The number of nitrogens with zero attached hydrogens (tertiary/aromatic N) is 5. The second-order valence-electron chi connectivity index (χ2n) is 18.7. The molecule has 5 N–H and O–H groups in total. The number of aromatic amines is 1. The largest absolute Gasteiger partial charge is 0.494 e. The van der Waals surface area contributed by atoms with Crippen LogP contribution in [-0.2, 0) is 5.60 Å². The van der Waals surface area contributed by atoms with Crippen LogP contribution >= 0.6 is 0 Å². The number of aliphatic hydroxyl groups is 2. The van der Waals surface area contributed by atoms with Crippen LogP contribution in [0.1, 0.15) is 84.0 Å². The quantitative estimate of drug-likeness (QED) is 0.0482. The Morgan fingerprint density at radius 2 is 1.22 bits per heavy atom. The summed E-state index contributed by atoms with van der Waals surface area (Å²) in [4.78, 5) is 76.1. The highest BCUT2D eigenvalue weighted by Crippen LogP contribution is 2.32. The molecule has 74 heavy (non-hydrogen) atoms. The predicted octanol–water partition coefficient (Wildman–Crippen LogP) is 8.31. The molecule has 0 aliphatic heterocycles. The zero-order valence-electron chi connectivity index (χ0n) is 41.6. The zero-order valence-corrected chi connectivity index (χ0v) is 41.6. The molecule has 2 amide bonds. The van der Waals surface area contributed by atoms with Crippen LogP contribution < -0.4 is 36.9 Å². The van der Waals surface area contributed by atoms with Gasteiger partial charge in [-0.2, -0.15) is 9.78 Å². The van der Waals surface area contributed by atoms with Crippen molar-refractivity contribution in [2.24, 2.45) is 0 Å². The molecule has 17 nitrogen and oxygen atoms in total. The van der Waals surface area contributed by atoms with Crippen molar-refractivity contribution in [2.45, 2.75) is 71.5 Å². The van der Waals surface area contributed by atoms with Crippen LogP contribution in [0.25, 0.3) is 33.6 Å². The maximum Gasteiger partial charge on any atom is 0.349 e. The molecule has 0 aliphatic carbocycles. The van der Waals surface area contributed by atoms with Crippen LogP contribution in [0.15, 0.2) is 160 Å². The molecule has 0 bridgehead atoms. The van der Waals surface area contributed by atoms with Gasteiger partial charge in [-0.25, -0.2) is 14.8 Å². The molecular formula is C57H56N8O9. The summed E-state index contributed by atoms with van der Waals surface area (Å²) in [5, 5.41) is 31.1. The second-order valence-corrected chi connectivity index (χ2v) is 18.7. The number of ether oxygens (including phenoxy) is 2. The van der Waals surface area contributed by atoms with E-state index in [1.54, 1.807) is 81.6 Å². The summed E-state index contributed by atoms with van der Waals surface area (Å²) < 4.78 is 14.4. The highest BCUT2D eigenvalue weighted by Gasteiger charge is 2.24. The second kappa shape index (κ2) is 22.3. The van der Waals surface area contributed by atoms with E-state index in [1.165, 1.54) is 29.1 Å². The van der Waals surface area contributed by atoms with Gasteiger partial charge < -0.3 is 30.3 Å². The van der Waals surface area contributed by atoms with Gasteiger partial charge in [0, 0.05) is 30.3 Å². The first kappa shape index (κ1) is 51.6. The van der Waals surface area contributed by atoms with Crippen LogP contribution in [0.3, 0.4) is 0 Å². The molecule has 0 aliphatic rings. The number of benzene rings is 4. The number of pyridine rings is 3. The molecule has 0 radical (unpaired) electrons. The average molecular weight is 997 g/mol. The molecule has 0 saturated heterocycles. The minimum Gasteiger partial charge on any atom is -0.494 e. The molecule has 8 rings (SSSR count). The summed E-state index contributed by atoms with van der Waals surface area (Å²) in [5.74, 6) is 0.418. The number of rotatable bonds is 19. The molecule has 8 aromatic rings. The first-order chi connectivity index (χ1) is 35.4. The molecule has 0 spiro atoms. The number of H-pyrrole nitrogens is 1. The number of carbonyl (C=O) groups excluding carboxylic acids is 2. The molecule has 0 fully saturated rings. The van der Waals surface area contributed by atoms with Gasteiger partial charge in [0.2, 0.25) is 5.69 Å². The molecule has 1 unspecified atom stereocenters. The SMILES string of the molecule is Cc1ccc(OCCCC(C)(C)O)cc1-c1ccnc(NC(=O)c2nn(-c3ccc(C(C)(O)CCCOc4ccc(C)c(-c5ccnc(NC(=O)c6ccc(=O)n(-c7ccccc7)c6)c5)c4)cc3)c(=O)[nH]c2=O)c1. The van der Waals surface area contributed by atoms with Crippen LogP contribution in [0.5, 0.6) is 11.5 Å². The minimum absolute atomic E-state index is 0.148. The zero-order chi connectivity index (χ0) is 52.6. The van der Waals surface area contributed by atoms with Crippen LogP contribution in [-0.4, -0.2) is 70.1 Å². The number of hydrogen-bond donors (Lipinski definition) is 5. The predicted molar refractivity (Wildman–Crippen MR) is 283 cm³/mol. The Kier molecular flexibility index (Phi) is 15.5. The Hall–Kier alpha value is -8.80. The van der Waals surface area contributed by atoms with E-state index in [-0.39, 0.29) is 29.2 Å². The van der Waals surface area contributed by atoms with Crippen molar-refractivity contribution in [3.63, 3.8) is 0 Å². The molecule has 17 heteroatoms. The van der Waals surface area contributed by atoms with Crippen molar-refractivity contribution in [2.75, 3.05) is 23.8 Å². The van der Waals surface area contributed by atoms with Gasteiger partial charge in [0.05, 0.1) is 35.7 Å². The summed E-state index contributed by atoms with van der Waals surface area (Å²) >= 11 is 0. The van der Waals surface area contributed by atoms with Gasteiger partial charge in [0.15, 0.2) is 0 Å². The highest BCUT2D eigenvalue weighted by atomic mass is 16.5. The lowest BCUT2D eigenvalue weighted by molar-refractivity contribution is 0.0415. The fourth-order valence-electron chi connectivity index (χ4n) is 8.24. The monoisotopic (exact) mass is 996 g/mol. The number of anilines is 2. The summed E-state index contributed by atoms with van der Waals surface area (Å²) in [6.07, 6.45) is 6.69. The van der Waals surface area contributed by atoms with E-state index in [0.717, 1.165) is 38.1 Å². The van der Waals surface area contributed by atoms with Crippen LogP contribution in [0.2, 0.25) is 0 Å². The fraction of sp³-hybridized carbons (Fsp3) is 0.228. The van der Waals surface area contributed by atoms with Gasteiger partial charge in [-0.05, 0) is 178 Å². The van der Waals surface area contributed by atoms with E-state index >= 15 is 0 Å². The minimum atomic E-state index is -1.29. The first-order valence-corrected chi connectivity index (χ1v) is 24.0. The van der Waals surface area contributed by atoms with Gasteiger partial charge in [0.1, 0.15) is 23.1 Å². The maximum absolute atomic E-state index is 13.5. The number of carbonyl (C=O) groups is 2. The van der Waals surface area contributed by atoms with Crippen LogP contribution in [0, 0.1) is 13.8 Å². The van der Waals surface area contributed by atoms with Crippen molar-refractivity contribution in [3.8, 4) is 45.1 Å². The first-order valence-electron chi connectivity index (χ1n) is 24.0. The topological polar surface area (TPSA) is 233 Å². The lowest BCUT2D eigenvalue weighted by Gasteiger charge is -2.24. The number of nitrogens with one attached hydrogen (secondary N) is 3. The Balaban J connectivity index is 0.869. The van der Waals surface area contributed by atoms with Gasteiger partial charge in [0.25, 0.3) is 22.9 Å². The lowest BCUT2D eigenvalue weighted by atomic mass is 9.91. The van der Waals surface area contributed by atoms with Crippen LogP contribution in [0.4, 0.5) is 11.6 Å². The highest BCUT2D eigenvalue weighted by molar-refractivity contribution is 6.04. The van der Waals surface area contributed by atoms with E-state index in [4.69, 9.17) is 9.47 Å². The standard InChI is InChI=1S/C57H56N8O9/c1-36-14-21-45(34-46(36)38-23-27-58-48(31-38)60-52(67)40-15-22-50(66)64(35-40)42-11-7-6-8-12-42)74-30-10-26-57(5,72)41-16-18-43(19-17-41)65-55(70)62-54(69)51(63-65)53(68)61-49-32-39(24-28-59-49)47-33-44(20-13-37(47)2)73-29-9-25-56(3,4)71/h6-8,11-24,27-28,31-35,71-72H,9-10,25-26,29-30H2,1-5H3,(H,58,60,67)(H,59,61,68)(H,62,69,70). The maximum atomic E-state index is 13.5. The van der Waals surface area contributed by atoms with E-state index < -0.39 is 40.0 Å². The Labute approximate surface area is 426 Å². The van der Waals surface area contributed by atoms with E-state index in [9.17, 15) is 34.2 Å². The lowest BCUT2D eigenvalue weighted by Crippen LogP contribution is -2.37. The number of hydrogen-bond acceptors (Lipinski definition) is 12. The third kappa shape index (κ3) is 12.8. The molecule has 4 aromatic heterocycles. The van der Waals surface area contributed by atoms with Crippen molar-refractivity contribution in [1.29, 1.82) is 0 Å². The molecule has 1 atom stereocenters. The number of aromatic nitrogens is 6. The molecule has 378 valence electrons. The molecule has 0 saturated carbocycles. The van der Waals surface area contributed by atoms with Gasteiger partial charge in [-0.15, -0.1) is 0 Å². The van der Waals surface area contributed by atoms with Crippen molar-refractivity contribution in [1.82, 2.24) is 29.3 Å². The summed E-state index contributed by atoms with van der Waals surface area (Å²) in [6.45, 7) is 9.81. The van der Waals surface area contributed by atoms with Crippen molar-refractivity contribution in [3.05, 3.63) is 205 Å². The Bertz CT molecular complexity index is 3510. The van der Waals surface area contributed by atoms with Crippen molar-refractivity contribution < 1.29 is 29.3 Å². The molecular weight excluding hydrogens is 941 g/mol. The van der Waals surface area contributed by atoms with Gasteiger partial charge in [-0.1, -0.05) is 42.5 Å². The van der Waals surface area contributed by atoms with E-state index in [1.807, 2.05) is 74.5 Å². The Morgan fingerprint density at radius 1 is 0.649 bits per heavy atom. The Morgan fingerprint density at radius 3 is 1.80 bits per heavy atom. The molecule has 4 heterocycles. The van der Waals surface area contributed by atoms with E-state index in [2.05, 4.69) is 30.7 Å². The molecule has 4 aromatic carbocycles. The number of amides is 2. The summed E-state index contributed by atoms with van der Waals surface area (Å²) in [6, 6.07) is 36.7. The van der Waals surface area contributed by atoms with Gasteiger partial charge >= 0.3 is 5.69 Å². The van der Waals surface area contributed by atoms with Gasteiger partial charge in [-0.3, -0.25) is 28.7 Å². The number of para-hydroxylation sites is 1. The van der Waals surface area contributed by atoms with E-state index in [0.29, 0.717) is 60.9 Å². The normalized spacial score (nSPS) is 12.1.